The molecule has 3 unspecified atom stereocenters. The van der Waals surface area contributed by atoms with Crippen LogP contribution in [0.15, 0.2) is 0 Å². The molecule has 0 spiro atoms. The summed E-state index contributed by atoms with van der Waals surface area (Å²) in [5.74, 6) is 0. The lowest BCUT2D eigenvalue weighted by molar-refractivity contribution is 0.652. The lowest BCUT2D eigenvalue weighted by Gasteiger charge is -2.31. The summed E-state index contributed by atoms with van der Waals surface area (Å²) in [6.07, 6.45) is 1.27. The Labute approximate surface area is 124 Å². The van der Waals surface area contributed by atoms with Gasteiger partial charge in [0.1, 0.15) is 0 Å². The van der Waals surface area contributed by atoms with E-state index in [0.717, 1.165) is 7.85 Å². The summed E-state index contributed by atoms with van der Waals surface area (Å²) in [6.45, 7) is 4.63. The van der Waals surface area contributed by atoms with Crippen molar-refractivity contribution in [2.75, 3.05) is 4.43 Å². The predicted octanol–water partition coefficient (Wildman–Crippen LogP) is 4.63. The first kappa shape index (κ1) is 13.9. The van der Waals surface area contributed by atoms with Gasteiger partial charge in [-0.25, -0.2) is 0 Å². The van der Waals surface area contributed by atoms with Gasteiger partial charge in [0, 0.05) is 15.7 Å². The Hall–Kier alpha value is 2.92. The Kier molecular flexibility index (Phi) is 8.11. The highest BCUT2D eigenvalue weighted by atomic mass is 127. The molecule has 0 rings (SSSR count). The van der Waals surface area contributed by atoms with Crippen LogP contribution in [0.5, 0.6) is 0 Å². The van der Waals surface area contributed by atoms with E-state index in [-0.39, 0.29) is 0 Å². The zero-order chi connectivity index (χ0) is 9.07. The van der Waals surface area contributed by atoms with Crippen molar-refractivity contribution < 1.29 is 0 Å². The Balaban J connectivity index is 4.18. The van der Waals surface area contributed by atoms with Crippen LogP contribution < -0.4 is 0 Å². The molecule has 0 radical (unpaired) electrons. The smallest absolute Gasteiger partial charge is 0.0436 e. The van der Waals surface area contributed by atoms with Crippen LogP contribution in [0.1, 0.15) is 20.3 Å². The molecule has 68 valence electrons. The first-order valence-electron chi connectivity index (χ1n) is 3.49. The van der Waals surface area contributed by atoms with Crippen LogP contribution in [0.25, 0.3) is 0 Å². The average molecular weight is 604 g/mol. The van der Waals surface area contributed by atoms with Gasteiger partial charge in [-0.15, -0.1) is 0 Å². The van der Waals surface area contributed by atoms with Crippen molar-refractivity contribution in [1.29, 1.82) is 0 Å². The van der Waals surface area contributed by atoms with E-state index < -0.39 is 0 Å². The highest BCUT2D eigenvalue weighted by Crippen LogP contribution is 2.38. The highest BCUT2D eigenvalue weighted by Gasteiger charge is 2.34. The second kappa shape index (κ2) is 6.41. The maximum atomic E-state index is 2.61. The molecular weight excluding hydrogens is 592 g/mol. The van der Waals surface area contributed by atoms with Crippen LogP contribution >= 0.6 is 90.4 Å². The van der Waals surface area contributed by atoms with Gasteiger partial charge in [0.15, 0.2) is 0 Å². The van der Waals surface area contributed by atoms with Gasteiger partial charge in [0.05, 0.1) is 0 Å². The molecule has 0 nitrogen and oxygen atoms in total. The summed E-state index contributed by atoms with van der Waals surface area (Å²) in [6, 6.07) is 0. The summed E-state index contributed by atoms with van der Waals surface area (Å²) in [7, 11) is 0. The van der Waals surface area contributed by atoms with E-state index in [4.69, 9.17) is 0 Å². The van der Waals surface area contributed by atoms with E-state index in [1.54, 1.807) is 0 Å². The van der Waals surface area contributed by atoms with E-state index in [1.807, 2.05) is 0 Å². The fourth-order valence-electron chi connectivity index (χ4n) is 0.746. The molecule has 4 heteroatoms. The molecule has 11 heavy (non-hydrogen) atoms. The van der Waals surface area contributed by atoms with Crippen molar-refractivity contribution in [2.24, 2.45) is 0 Å². The SMILES string of the molecule is CCC(I)C(C)(I)C(I)CI. The van der Waals surface area contributed by atoms with Crippen molar-refractivity contribution in [3.8, 4) is 0 Å². The van der Waals surface area contributed by atoms with Crippen LogP contribution in [0.4, 0.5) is 0 Å². The van der Waals surface area contributed by atoms with E-state index in [2.05, 4.69) is 104 Å². The number of alkyl halides is 4. The molecule has 0 aromatic rings. The lowest BCUT2D eigenvalue weighted by atomic mass is 10.0. The molecule has 0 N–H and O–H groups in total. The van der Waals surface area contributed by atoms with Crippen LogP contribution in [0.3, 0.4) is 0 Å². The number of hydrogen-bond acceptors (Lipinski definition) is 0. The van der Waals surface area contributed by atoms with E-state index >= 15 is 0 Å². The molecule has 0 aliphatic carbocycles. The average Bonchev–Trinajstić information content (AvgIpc) is 2.01. The summed E-state index contributed by atoms with van der Waals surface area (Å²) in [5, 5.41) is 0. The minimum Gasteiger partial charge on any atom is -0.0852 e. The van der Waals surface area contributed by atoms with Gasteiger partial charge in [-0.05, 0) is 13.3 Å². The van der Waals surface area contributed by atoms with Gasteiger partial charge < -0.3 is 0 Å². The number of hydrogen-bond donors (Lipinski definition) is 0. The first-order chi connectivity index (χ1) is 4.96. The largest absolute Gasteiger partial charge is 0.0852 e. The molecule has 3 atom stereocenters. The molecule has 0 bridgehead atoms. The molecular formula is C7H12I4. The van der Waals surface area contributed by atoms with Gasteiger partial charge in [-0.1, -0.05) is 97.3 Å². The third kappa shape index (κ3) is 4.30. The van der Waals surface area contributed by atoms with Crippen LogP contribution in [0, 0.1) is 0 Å². The highest BCUT2D eigenvalue weighted by molar-refractivity contribution is 14.1. The van der Waals surface area contributed by atoms with Crippen LogP contribution in [-0.2, 0) is 0 Å². The minimum atomic E-state index is 0.453. The molecule has 0 aliphatic heterocycles. The molecule has 0 aromatic carbocycles. The predicted molar refractivity (Wildman–Crippen MR) is 87.2 cm³/mol. The van der Waals surface area contributed by atoms with Crippen molar-refractivity contribution >= 4 is 90.4 Å². The molecule has 0 saturated heterocycles. The number of halogens is 4. The molecule has 0 fully saturated rings. The Morgan fingerprint density at radius 3 is 2.00 bits per heavy atom. The summed E-state index contributed by atoms with van der Waals surface area (Å²) >= 11 is 10.2. The second-order valence-electron chi connectivity index (χ2n) is 2.65. The fourth-order valence-corrected chi connectivity index (χ4v) is 4.72. The van der Waals surface area contributed by atoms with Crippen molar-refractivity contribution in [3.05, 3.63) is 0 Å². The minimum absolute atomic E-state index is 0.453. The lowest BCUT2D eigenvalue weighted by Crippen LogP contribution is -2.38. The standard InChI is InChI=1S/C7H12I4/c1-3-5(9)7(2,11)6(10)4-8/h5-6H,3-4H2,1-2H3. The zero-order valence-corrected chi connectivity index (χ0v) is 15.2. The fraction of sp³-hybridized carbons (Fsp3) is 1.00. The monoisotopic (exact) mass is 604 g/mol. The van der Waals surface area contributed by atoms with Crippen LogP contribution in [0.2, 0.25) is 0 Å². The van der Waals surface area contributed by atoms with E-state index in [0.29, 0.717) is 3.42 Å². The van der Waals surface area contributed by atoms with E-state index in [9.17, 15) is 0 Å². The Bertz CT molecular complexity index is 101. The summed E-state index contributed by atoms with van der Waals surface area (Å²) in [5.41, 5.74) is 0. The van der Waals surface area contributed by atoms with Crippen molar-refractivity contribution in [2.45, 2.75) is 31.5 Å². The summed E-state index contributed by atoms with van der Waals surface area (Å²) in [4.78, 5) is 0. The van der Waals surface area contributed by atoms with Gasteiger partial charge >= 0.3 is 0 Å². The second-order valence-corrected chi connectivity index (χ2v) is 8.86. The Morgan fingerprint density at radius 1 is 1.27 bits per heavy atom. The summed E-state index contributed by atoms with van der Waals surface area (Å²) < 4.78 is 3.27. The third-order valence-corrected chi connectivity index (χ3v) is 12.1. The number of rotatable bonds is 4. The van der Waals surface area contributed by atoms with Gasteiger partial charge in [0.2, 0.25) is 0 Å². The molecule has 0 amide bonds. The maximum absolute atomic E-state index is 2.61. The van der Waals surface area contributed by atoms with Gasteiger partial charge in [0.25, 0.3) is 0 Å². The maximum Gasteiger partial charge on any atom is 0.0436 e. The van der Waals surface area contributed by atoms with Crippen molar-refractivity contribution in [3.63, 3.8) is 0 Å². The first-order valence-corrected chi connectivity index (χ1v) is 8.59. The van der Waals surface area contributed by atoms with Crippen LogP contribution in [-0.4, -0.2) is 15.7 Å². The molecule has 0 aromatic heterocycles. The Morgan fingerprint density at radius 2 is 1.73 bits per heavy atom. The third-order valence-electron chi connectivity index (χ3n) is 1.72. The topological polar surface area (TPSA) is 0 Å². The zero-order valence-electron chi connectivity index (χ0n) is 6.58. The van der Waals surface area contributed by atoms with Crippen molar-refractivity contribution in [1.82, 2.24) is 0 Å². The van der Waals surface area contributed by atoms with Gasteiger partial charge in [-0.3, -0.25) is 0 Å². The van der Waals surface area contributed by atoms with E-state index in [1.165, 1.54) is 10.8 Å². The van der Waals surface area contributed by atoms with Gasteiger partial charge in [-0.2, -0.15) is 0 Å². The quantitative estimate of drug-likeness (QED) is 0.325. The molecule has 0 aliphatic rings. The molecule has 0 heterocycles. The molecule has 0 saturated carbocycles. The normalized spacial score (nSPS) is 22.4.